The lowest BCUT2D eigenvalue weighted by atomic mass is 9.85. The fourth-order valence-corrected chi connectivity index (χ4v) is 5.39. The lowest BCUT2D eigenvalue weighted by molar-refractivity contribution is 0.569. The van der Waals surface area contributed by atoms with E-state index in [0.29, 0.717) is 11.0 Å². The molecule has 7 rings (SSSR count). The molecule has 0 saturated carbocycles. The van der Waals surface area contributed by atoms with Crippen LogP contribution >= 0.6 is 0 Å². The fraction of sp³-hybridized carbons (Fsp3) is 0. The molecule has 0 spiro atoms. The highest BCUT2D eigenvalue weighted by Crippen LogP contribution is 2.44. The van der Waals surface area contributed by atoms with Crippen molar-refractivity contribution in [3.8, 4) is 22.3 Å². The van der Waals surface area contributed by atoms with Gasteiger partial charge in [-0.3, -0.25) is 0 Å². The van der Waals surface area contributed by atoms with Gasteiger partial charge in [-0.15, -0.1) is 0 Å². The Morgan fingerprint density at radius 2 is 0.914 bits per heavy atom. The maximum atomic E-state index is 13.0. The van der Waals surface area contributed by atoms with Crippen LogP contribution in [0.15, 0.2) is 131 Å². The van der Waals surface area contributed by atoms with Gasteiger partial charge in [0.25, 0.3) is 0 Å². The van der Waals surface area contributed by atoms with Crippen molar-refractivity contribution in [2.45, 2.75) is 0 Å². The predicted molar refractivity (Wildman–Crippen MR) is 146 cm³/mol. The van der Waals surface area contributed by atoms with Crippen LogP contribution in [0.2, 0.25) is 0 Å². The molecule has 1 aromatic heterocycles. The topological polar surface area (TPSA) is 30.2 Å². The molecular weight excluding hydrogens is 428 g/mol. The van der Waals surface area contributed by atoms with E-state index in [-0.39, 0.29) is 5.63 Å². The van der Waals surface area contributed by atoms with Crippen LogP contribution in [-0.4, -0.2) is 0 Å². The van der Waals surface area contributed by atoms with Crippen LogP contribution < -0.4 is 5.63 Å². The summed E-state index contributed by atoms with van der Waals surface area (Å²) < 4.78 is 5.66. The third-order valence-electron chi connectivity index (χ3n) is 6.90. The van der Waals surface area contributed by atoms with Crippen molar-refractivity contribution in [2.24, 2.45) is 0 Å². The van der Waals surface area contributed by atoms with Crippen molar-refractivity contribution in [2.75, 3.05) is 0 Å². The first-order chi connectivity index (χ1) is 17.3. The third-order valence-corrected chi connectivity index (χ3v) is 6.90. The van der Waals surface area contributed by atoms with Crippen LogP contribution in [-0.2, 0) is 0 Å². The van der Waals surface area contributed by atoms with Gasteiger partial charge in [-0.1, -0.05) is 109 Å². The van der Waals surface area contributed by atoms with E-state index in [1.165, 1.54) is 21.9 Å². The van der Waals surface area contributed by atoms with Gasteiger partial charge < -0.3 is 4.42 Å². The zero-order chi connectivity index (χ0) is 23.4. The van der Waals surface area contributed by atoms with Crippen molar-refractivity contribution in [3.63, 3.8) is 0 Å². The molecule has 0 amide bonds. The van der Waals surface area contributed by atoms with Gasteiger partial charge in [-0.2, -0.15) is 0 Å². The van der Waals surface area contributed by atoms with Gasteiger partial charge in [-0.25, -0.2) is 4.79 Å². The Morgan fingerprint density at radius 3 is 1.54 bits per heavy atom. The molecule has 2 heteroatoms. The van der Waals surface area contributed by atoms with Crippen LogP contribution in [0.3, 0.4) is 0 Å². The summed E-state index contributed by atoms with van der Waals surface area (Å²) >= 11 is 0. The van der Waals surface area contributed by atoms with Crippen LogP contribution in [0.5, 0.6) is 0 Å². The first-order valence-electron chi connectivity index (χ1n) is 11.7. The molecule has 0 aliphatic rings. The molecule has 6 aromatic carbocycles. The largest absolute Gasteiger partial charge is 0.422 e. The van der Waals surface area contributed by atoms with Gasteiger partial charge in [0.2, 0.25) is 0 Å². The number of para-hydroxylation sites is 1. The monoisotopic (exact) mass is 448 g/mol. The van der Waals surface area contributed by atoms with Gasteiger partial charge >= 0.3 is 5.63 Å². The van der Waals surface area contributed by atoms with E-state index < -0.39 is 0 Å². The Kier molecular flexibility index (Phi) is 4.33. The molecule has 35 heavy (non-hydrogen) atoms. The molecule has 0 aliphatic carbocycles. The summed E-state index contributed by atoms with van der Waals surface area (Å²) in [6, 6.07) is 41.5. The first kappa shape index (κ1) is 19.7. The predicted octanol–water partition coefficient (Wildman–Crippen LogP) is 8.59. The SMILES string of the molecule is O=c1oc2ccccc2c2ccc(-c3c4ccccc4c(-c4ccccc4)c4ccccc34)cc12. The zero-order valence-corrected chi connectivity index (χ0v) is 18.9. The second-order valence-electron chi connectivity index (χ2n) is 8.85. The fourth-order valence-electron chi connectivity index (χ4n) is 5.39. The average Bonchev–Trinajstić information content (AvgIpc) is 2.92. The third kappa shape index (κ3) is 3.00. The molecule has 1 heterocycles. The Hall–Kier alpha value is -4.69. The van der Waals surface area contributed by atoms with E-state index in [9.17, 15) is 4.79 Å². The number of benzene rings is 6. The minimum Gasteiger partial charge on any atom is -0.422 e. The molecule has 0 saturated heterocycles. The molecular formula is C33H20O2. The highest BCUT2D eigenvalue weighted by molar-refractivity contribution is 6.22. The molecule has 2 nitrogen and oxygen atoms in total. The zero-order valence-electron chi connectivity index (χ0n) is 18.9. The van der Waals surface area contributed by atoms with Gasteiger partial charge in [0, 0.05) is 5.39 Å². The summed E-state index contributed by atoms with van der Waals surface area (Å²) in [5.41, 5.74) is 4.86. The lowest BCUT2D eigenvalue weighted by Gasteiger charge is -2.18. The minimum absolute atomic E-state index is 0.310. The van der Waals surface area contributed by atoms with Crippen LogP contribution in [0.4, 0.5) is 0 Å². The van der Waals surface area contributed by atoms with Gasteiger partial charge in [-0.05, 0) is 61.3 Å². The van der Waals surface area contributed by atoms with Crippen molar-refractivity contribution >= 4 is 43.3 Å². The highest BCUT2D eigenvalue weighted by atomic mass is 16.4. The lowest BCUT2D eigenvalue weighted by Crippen LogP contribution is -2.00. The van der Waals surface area contributed by atoms with E-state index in [0.717, 1.165) is 32.7 Å². The van der Waals surface area contributed by atoms with E-state index in [2.05, 4.69) is 84.9 Å². The Balaban J connectivity index is 1.62. The average molecular weight is 449 g/mol. The molecule has 0 bridgehead atoms. The van der Waals surface area contributed by atoms with Crippen LogP contribution in [0.1, 0.15) is 0 Å². The van der Waals surface area contributed by atoms with Gasteiger partial charge in [0.15, 0.2) is 0 Å². The van der Waals surface area contributed by atoms with Crippen molar-refractivity contribution < 1.29 is 4.42 Å². The molecule has 0 atom stereocenters. The number of hydrogen-bond donors (Lipinski definition) is 0. The molecule has 0 N–H and O–H groups in total. The summed E-state index contributed by atoms with van der Waals surface area (Å²) in [4.78, 5) is 13.0. The quantitative estimate of drug-likeness (QED) is 0.151. The number of hydrogen-bond acceptors (Lipinski definition) is 2. The van der Waals surface area contributed by atoms with E-state index in [4.69, 9.17) is 4.42 Å². The maximum Gasteiger partial charge on any atom is 0.344 e. The number of rotatable bonds is 2. The van der Waals surface area contributed by atoms with E-state index >= 15 is 0 Å². The van der Waals surface area contributed by atoms with E-state index in [1.807, 2.05) is 36.4 Å². The van der Waals surface area contributed by atoms with Gasteiger partial charge in [0.1, 0.15) is 5.58 Å². The maximum absolute atomic E-state index is 13.0. The van der Waals surface area contributed by atoms with E-state index in [1.54, 1.807) is 0 Å². The summed E-state index contributed by atoms with van der Waals surface area (Å²) in [5.74, 6) is 0. The Morgan fingerprint density at radius 1 is 0.400 bits per heavy atom. The molecule has 7 aromatic rings. The van der Waals surface area contributed by atoms with Crippen molar-refractivity contribution in [1.29, 1.82) is 0 Å². The second kappa shape index (κ2) is 7.68. The van der Waals surface area contributed by atoms with Crippen molar-refractivity contribution in [3.05, 3.63) is 132 Å². The molecule has 0 radical (unpaired) electrons. The van der Waals surface area contributed by atoms with Crippen LogP contribution in [0.25, 0.3) is 65.5 Å². The molecule has 0 unspecified atom stereocenters. The summed E-state index contributed by atoms with van der Waals surface area (Å²) in [6.45, 7) is 0. The van der Waals surface area contributed by atoms with Gasteiger partial charge in [0.05, 0.1) is 5.39 Å². The second-order valence-corrected chi connectivity index (χ2v) is 8.85. The standard InChI is InChI=1S/C33H20O2/c34-33-29-20-22(18-19-23(29)24-12-8-9-17-30(24)35-33)32-27-15-6-4-13-25(27)31(21-10-2-1-3-11-21)26-14-5-7-16-28(26)32/h1-20H. The first-order valence-corrected chi connectivity index (χ1v) is 11.7. The van der Waals surface area contributed by atoms with Crippen molar-refractivity contribution in [1.82, 2.24) is 0 Å². The highest BCUT2D eigenvalue weighted by Gasteiger charge is 2.17. The Bertz CT molecular complexity index is 1910. The Labute approximate surface area is 201 Å². The molecule has 164 valence electrons. The van der Waals surface area contributed by atoms with Crippen LogP contribution in [0, 0.1) is 0 Å². The summed E-state index contributed by atoms with van der Waals surface area (Å²) in [5, 5.41) is 7.17. The summed E-state index contributed by atoms with van der Waals surface area (Å²) in [6.07, 6.45) is 0. The normalized spacial score (nSPS) is 11.5. The minimum atomic E-state index is -0.310. The smallest absolute Gasteiger partial charge is 0.344 e. The summed E-state index contributed by atoms with van der Waals surface area (Å²) in [7, 11) is 0. The molecule has 0 fully saturated rings. The number of fused-ring (bicyclic) bond motifs is 5. The molecule has 0 aliphatic heterocycles.